The third kappa shape index (κ3) is 7.02. The predicted octanol–water partition coefficient (Wildman–Crippen LogP) is 2.65. The van der Waals surface area contributed by atoms with E-state index in [0.717, 1.165) is 39.1 Å². The molecule has 0 aromatic heterocycles. The van der Waals surface area contributed by atoms with Gasteiger partial charge in [0.2, 0.25) is 5.91 Å². The smallest absolute Gasteiger partial charge is 0.220 e. The van der Waals surface area contributed by atoms with Crippen molar-refractivity contribution in [2.24, 2.45) is 11.8 Å². The highest BCUT2D eigenvalue weighted by atomic mass is 16.1. The van der Waals surface area contributed by atoms with Crippen molar-refractivity contribution in [3.05, 3.63) is 35.9 Å². The summed E-state index contributed by atoms with van der Waals surface area (Å²) < 4.78 is 0. The Labute approximate surface area is 147 Å². The van der Waals surface area contributed by atoms with Crippen LogP contribution in [0.2, 0.25) is 0 Å². The number of rotatable bonds is 9. The number of carbonyl (C=O) groups is 1. The number of hydrogen-bond acceptors (Lipinski definition) is 3. The minimum atomic E-state index is 0.207. The first-order valence-electron chi connectivity index (χ1n) is 9.35. The Bertz CT molecular complexity index is 471. The van der Waals surface area contributed by atoms with E-state index in [-0.39, 0.29) is 5.91 Å². The molecule has 1 amide bonds. The number of carbonyl (C=O) groups excluding carboxylic acids is 1. The molecule has 134 valence electrons. The number of benzene rings is 1. The Morgan fingerprint density at radius 3 is 2.88 bits per heavy atom. The fraction of sp³-hybridized carbons (Fsp3) is 0.650. The van der Waals surface area contributed by atoms with Gasteiger partial charge in [0.1, 0.15) is 0 Å². The summed E-state index contributed by atoms with van der Waals surface area (Å²) in [6.45, 7) is 7.14. The maximum Gasteiger partial charge on any atom is 0.220 e. The minimum Gasteiger partial charge on any atom is -0.356 e. The zero-order valence-corrected chi connectivity index (χ0v) is 15.3. The van der Waals surface area contributed by atoms with Crippen molar-refractivity contribution >= 4 is 5.91 Å². The molecule has 0 bridgehead atoms. The molecule has 2 unspecified atom stereocenters. The molecule has 1 fully saturated rings. The lowest BCUT2D eigenvalue weighted by atomic mass is 9.85. The zero-order chi connectivity index (χ0) is 17.2. The van der Waals surface area contributed by atoms with E-state index < -0.39 is 0 Å². The third-order valence-corrected chi connectivity index (χ3v) is 4.98. The Hall–Kier alpha value is -1.39. The molecule has 2 N–H and O–H groups in total. The van der Waals surface area contributed by atoms with Gasteiger partial charge < -0.3 is 15.5 Å². The first-order chi connectivity index (χ1) is 11.6. The molecule has 1 aliphatic heterocycles. The molecule has 1 saturated heterocycles. The van der Waals surface area contributed by atoms with E-state index in [4.69, 9.17) is 0 Å². The van der Waals surface area contributed by atoms with Gasteiger partial charge in [-0.05, 0) is 63.3 Å². The number of nitrogens with one attached hydrogen (secondary N) is 2. The van der Waals surface area contributed by atoms with Gasteiger partial charge in [-0.15, -0.1) is 0 Å². The van der Waals surface area contributed by atoms with Gasteiger partial charge in [-0.3, -0.25) is 4.79 Å². The van der Waals surface area contributed by atoms with Crippen LogP contribution in [0.3, 0.4) is 0 Å². The highest BCUT2D eigenvalue weighted by molar-refractivity contribution is 5.76. The van der Waals surface area contributed by atoms with Crippen molar-refractivity contribution in [2.75, 3.05) is 33.2 Å². The summed E-state index contributed by atoms with van der Waals surface area (Å²) in [5.41, 5.74) is 1.33. The van der Waals surface area contributed by atoms with E-state index >= 15 is 0 Å². The number of amides is 1. The molecule has 4 nitrogen and oxygen atoms in total. The summed E-state index contributed by atoms with van der Waals surface area (Å²) in [6.07, 6.45) is 4.15. The molecule has 2 rings (SSSR count). The molecule has 0 saturated carbocycles. The lowest BCUT2D eigenvalue weighted by Crippen LogP contribution is -2.36. The standard InChI is InChI=1S/C20H33N3O/c1-17(19-10-6-11-21-15-19)14-20(24)22-12-7-13-23(2)16-18-8-4-3-5-9-18/h3-5,8-9,17,19,21H,6-7,10-16H2,1-2H3,(H,22,24). The van der Waals surface area contributed by atoms with E-state index in [2.05, 4.69) is 53.8 Å². The summed E-state index contributed by atoms with van der Waals surface area (Å²) in [6, 6.07) is 10.5. The lowest BCUT2D eigenvalue weighted by Gasteiger charge is -2.28. The molecule has 1 aromatic carbocycles. The average Bonchev–Trinajstić information content (AvgIpc) is 2.60. The summed E-state index contributed by atoms with van der Waals surface area (Å²) in [5.74, 6) is 1.33. The second kappa shape index (κ2) is 10.5. The molecule has 1 aromatic rings. The number of nitrogens with zero attached hydrogens (tertiary/aromatic N) is 1. The van der Waals surface area contributed by atoms with Gasteiger partial charge in [0.15, 0.2) is 0 Å². The molecule has 4 heteroatoms. The fourth-order valence-corrected chi connectivity index (χ4v) is 3.45. The van der Waals surface area contributed by atoms with Crippen LogP contribution >= 0.6 is 0 Å². The van der Waals surface area contributed by atoms with Crippen molar-refractivity contribution < 1.29 is 4.79 Å². The van der Waals surface area contributed by atoms with Gasteiger partial charge in [0.05, 0.1) is 0 Å². The Morgan fingerprint density at radius 1 is 1.38 bits per heavy atom. The molecule has 1 heterocycles. The third-order valence-electron chi connectivity index (χ3n) is 4.98. The van der Waals surface area contributed by atoms with E-state index in [0.29, 0.717) is 18.3 Å². The number of hydrogen-bond donors (Lipinski definition) is 2. The molecular weight excluding hydrogens is 298 g/mol. The molecule has 0 radical (unpaired) electrons. The van der Waals surface area contributed by atoms with E-state index in [9.17, 15) is 4.79 Å². The Kier molecular flexibility index (Phi) is 8.26. The van der Waals surface area contributed by atoms with Gasteiger partial charge in [-0.2, -0.15) is 0 Å². The van der Waals surface area contributed by atoms with Crippen LogP contribution in [0.4, 0.5) is 0 Å². The molecule has 0 spiro atoms. The van der Waals surface area contributed by atoms with Crippen LogP contribution in [0.15, 0.2) is 30.3 Å². The largest absolute Gasteiger partial charge is 0.356 e. The van der Waals surface area contributed by atoms with Crippen LogP contribution in [-0.4, -0.2) is 44.0 Å². The minimum absolute atomic E-state index is 0.207. The van der Waals surface area contributed by atoms with E-state index in [1.54, 1.807) is 0 Å². The zero-order valence-electron chi connectivity index (χ0n) is 15.3. The summed E-state index contributed by atoms with van der Waals surface area (Å²) in [5, 5.41) is 6.52. The SMILES string of the molecule is CC(CC(=O)NCCCN(C)Cc1ccccc1)C1CCCNC1. The molecule has 2 atom stereocenters. The summed E-state index contributed by atoms with van der Waals surface area (Å²) in [4.78, 5) is 14.4. The van der Waals surface area contributed by atoms with Gasteiger partial charge in [-0.25, -0.2) is 0 Å². The fourth-order valence-electron chi connectivity index (χ4n) is 3.45. The second-order valence-corrected chi connectivity index (χ2v) is 7.21. The summed E-state index contributed by atoms with van der Waals surface area (Å²) >= 11 is 0. The van der Waals surface area contributed by atoms with Gasteiger partial charge >= 0.3 is 0 Å². The second-order valence-electron chi connectivity index (χ2n) is 7.21. The monoisotopic (exact) mass is 331 g/mol. The first kappa shape index (κ1) is 18.9. The average molecular weight is 332 g/mol. The Morgan fingerprint density at radius 2 is 2.17 bits per heavy atom. The van der Waals surface area contributed by atoms with Crippen LogP contribution in [0.25, 0.3) is 0 Å². The van der Waals surface area contributed by atoms with E-state index in [1.165, 1.54) is 18.4 Å². The van der Waals surface area contributed by atoms with Gasteiger partial charge in [0, 0.05) is 19.5 Å². The van der Waals surface area contributed by atoms with Crippen LogP contribution in [-0.2, 0) is 11.3 Å². The van der Waals surface area contributed by atoms with Crippen molar-refractivity contribution in [1.82, 2.24) is 15.5 Å². The van der Waals surface area contributed by atoms with Crippen molar-refractivity contribution in [1.29, 1.82) is 0 Å². The molecule has 1 aliphatic rings. The highest BCUT2D eigenvalue weighted by Gasteiger charge is 2.21. The van der Waals surface area contributed by atoms with Crippen LogP contribution in [0.5, 0.6) is 0 Å². The molecule has 24 heavy (non-hydrogen) atoms. The quantitative estimate of drug-likeness (QED) is 0.684. The van der Waals surface area contributed by atoms with Gasteiger partial charge in [0.25, 0.3) is 0 Å². The van der Waals surface area contributed by atoms with Crippen molar-refractivity contribution in [3.63, 3.8) is 0 Å². The van der Waals surface area contributed by atoms with E-state index in [1.807, 2.05) is 6.07 Å². The first-order valence-corrected chi connectivity index (χ1v) is 9.35. The van der Waals surface area contributed by atoms with Crippen LogP contribution < -0.4 is 10.6 Å². The Balaban J connectivity index is 1.55. The normalized spacial score (nSPS) is 19.2. The lowest BCUT2D eigenvalue weighted by molar-refractivity contribution is -0.122. The van der Waals surface area contributed by atoms with Crippen LogP contribution in [0, 0.1) is 11.8 Å². The van der Waals surface area contributed by atoms with Crippen LogP contribution in [0.1, 0.15) is 38.2 Å². The predicted molar refractivity (Wildman–Crippen MR) is 99.8 cm³/mol. The maximum atomic E-state index is 12.1. The number of piperidine rings is 1. The maximum absolute atomic E-state index is 12.1. The van der Waals surface area contributed by atoms with Gasteiger partial charge in [-0.1, -0.05) is 37.3 Å². The highest BCUT2D eigenvalue weighted by Crippen LogP contribution is 2.22. The van der Waals surface area contributed by atoms with Crippen molar-refractivity contribution in [2.45, 2.75) is 39.2 Å². The topological polar surface area (TPSA) is 44.4 Å². The molecule has 0 aliphatic carbocycles. The molecular formula is C20H33N3O. The van der Waals surface area contributed by atoms with Crippen molar-refractivity contribution in [3.8, 4) is 0 Å². The summed E-state index contributed by atoms with van der Waals surface area (Å²) in [7, 11) is 2.13.